The van der Waals surface area contributed by atoms with Crippen LogP contribution in [0.4, 0.5) is 28.6 Å². The maximum atomic E-state index is 13.8. The Morgan fingerprint density at radius 2 is 0.915 bits per heavy atom. The van der Waals surface area contributed by atoms with Gasteiger partial charge < -0.3 is 19.8 Å². The molecule has 28 nitrogen and oxygen atoms in total. The van der Waals surface area contributed by atoms with E-state index in [1.807, 2.05) is 143 Å². The fourth-order valence-electron chi connectivity index (χ4n) is 17.1. The van der Waals surface area contributed by atoms with Crippen molar-refractivity contribution in [1.82, 2.24) is 50.5 Å². The average Bonchev–Trinajstić information content (AvgIpc) is 1.61. The van der Waals surface area contributed by atoms with Crippen molar-refractivity contribution in [2.45, 2.75) is 166 Å². The van der Waals surface area contributed by atoms with Crippen LogP contribution in [-0.2, 0) is 124 Å². The molecular formula is C97H109BrN16O12S3. The van der Waals surface area contributed by atoms with Crippen LogP contribution in [0.25, 0.3) is 33.2 Å². The van der Waals surface area contributed by atoms with Crippen LogP contribution in [0.2, 0.25) is 0 Å². The number of aliphatic imine (C=N–C) groups is 1. The molecule has 2 unspecified atom stereocenters. The van der Waals surface area contributed by atoms with E-state index in [-0.39, 0.29) is 33.4 Å². The zero-order chi connectivity index (χ0) is 92.4. The van der Waals surface area contributed by atoms with E-state index in [0.717, 1.165) is 130 Å². The molecule has 0 amide bonds. The van der Waals surface area contributed by atoms with Gasteiger partial charge in [-0.05, 0) is 242 Å². The van der Waals surface area contributed by atoms with Gasteiger partial charge in [0.05, 0.1) is 49.8 Å². The average molecular weight is 1870 g/mol. The smallest absolute Gasteiger partial charge is 0.332 e. The van der Waals surface area contributed by atoms with Crippen LogP contribution in [0.5, 0.6) is 0 Å². The number of halogens is 1. The zero-order valence-corrected chi connectivity index (χ0v) is 79.2. The fourth-order valence-corrected chi connectivity index (χ4v) is 22.1. The number of sulfonamides is 2. The Kier molecular flexibility index (Phi) is 27.6. The van der Waals surface area contributed by atoms with E-state index in [1.165, 1.54) is 83.2 Å². The molecule has 0 fully saturated rings. The molecule has 674 valence electrons. The lowest BCUT2D eigenvalue weighted by Crippen LogP contribution is -2.38. The predicted octanol–water partition coefficient (Wildman–Crippen LogP) is 13.4. The summed E-state index contributed by atoms with van der Waals surface area (Å²) in [6, 6.07) is 54.2. The van der Waals surface area contributed by atoms with E-state index < -0.39 is 41.3 Å². The topological polar surface area (TPSA) is 318 Å². The number of nitrogens with zero attached hydrogens (tertiary/aromatic N) is 14. The van der Waals surface area contributed by atoms with Crippen molar-refractivity contribution < 1.29 is 25.3 Å². The van der Waals surface area contributed by atoms with Gasteiger partial charge in [0.15, 0.2) is 22.3 Å². The number of imidazole rings is 2. The Labute approximate surface area is 758 Å². The lowest BCUT2D eigenvalue weighted by Gasteiger charge is -2.27. The molecule has 5 aliphatic rings. The zero-order valence-electron chi connectivity index (χ0n) is 75.1. The van der Waals surface area contributed by atoms with Crippen molar-refractivity contribution in [3.05, 3.63) is 323 Å². The number of anilines is 4. The molecule has 14 aromatic rings. The van der Waals surface area contributed by atoms with Crippen LogP contribution in [0.3, 0.4) is 0 Å². The van der Waals surface area contributed by atoms with Crippen LogP contribution in [-0.4, -0.2) is 112 Å². The second-order valence-corrected chi connectivity index (χ2v) is 40.2. The van der Waals surface area contributed by atoms with Gasteiger partial charge in [-0.1, -0.05) is 130 Å². The highest BCUT2D eigenvalue weighted by atomic mass is 79.9. The molecule has 0 aliphatic carbocycles. The lowest BCUT2D eigenvalue weighted by atomic mass is 10.1. The molecule has 0 saturated carbocycles. The third-order valence-corrected chi connectivity index (χ3v) is 30.3. The number of rotatable bonds is 17. The minimum Gasteiger partial charge on any atom is -0.384 e. The number of alkyl halides is 1. The SMILES string of the molecule is Cc1ccc(S(=O)(=O)N2CCc3ccc(C)cc32)cc1.Cc1ccc(S(=O)(=O)N2c3cc(C)ccc3CC2CCCn2cnc3c2c(=O)n(C)c(=O)n3C)cc1.Cc1ccc(S(=O)(=O)n2c(CCCBr)cc3ccc(C)cc32)cc1.Cc1ccc2c(c1)NC(CCCn1cnc3c1c(=O)n(C)c(=O)n3C)C2.Cc1ccc2c(c1)NCC2.Cn1c2c(c(=O)n(C)c1=O)CC=N2. The molecule has 5 aliphatic heterocycles. The highest BCUT2D eigenvalue weighted by Gasteiger charge is 2.39. The summed E-state index contributed by atoms with van der Waals surface area (Å²) in [7, 11) is -1.54. The summed E-state index contributed by atoms with van der Waals surface area (Å²) in [5.74, 6) is 0.494. The minimum atomic E-state index is -3.75. The van der Waals surface area contributed by atoms with Crippen LogP contribution in [0.1, 0.15) is 110 Å². The van der Waals surface area contributed by atoms with E-state index in [2.05, 4.69) is 91.8 Å². The standard InChI is InChI=1S/C26H29N5O4S.C19H20BrNO2S.C19H23N5O2.C16H17NO2S.C9H11N.C8H9N3O2/c1-17-8-11-21(12-9-17)36(34,35)31-20(15-19-10-7-18(2)14-22(19)31)6-5-13-30-16-27-24-23(30)25(32)29(4)26(33)28(24)3;1-14-6-9-18(10-7-14)24(22,23)21-17(4-3-11-20)13-16-8-5-15(2)12-19(16)21;1-12-6-7-13-10-14(21-15(13)9-12)5-4-8-24-11-20-17-16(24)18(25)23(3)19(26)22(17)2;1-12-4-7-15(8-5-12)20(18,19)17-10-9-14-6-3-13(2)11-16(14)17;1-7-2-3-8-4-5-10-9(8)6-7;1-10-6-5(3-4-9-6)7(12)11(2)8(10)13/h7-12,14,16,20H,5-6,13,15H2,1-4H3;5-10,12-13H,3-4,11H2,1-2H3;6-7,9,11,14,21H,4-5,8,10H2,1-3H3;3-8,11H,9-10H2,1-2H3;2-3,6,10H,4-5H2,1H3;4H,3H2,1-2H3. The first-order valence-corrected chi connectivity index (χ1v) is 48.5. The molecular weight excluding hydrogens is 1760 g/mol. The summed E-state index contributed by atoms with van der Waals surface area (Å²) < 4.78 is 95.3. The van der Waals surface area contributed by atoms with Crippen molar-refractivity contribution in [2.75, 3.05) is 37.7 Å². The van der Waals surface area contributed by atoms with Gasteiger partial charge in [0.2, 0.25) is 0 Å². The monoisotopic (exact) mass is 1860 g/mol. The number of benzene rings is 8. The van der Waals surface area contributed by atoms with Crippen molar-refractivity contribution in [3.8, 4) is 0 Å². The van der Waals surface area contributed by atoms with Crippen molar-refractivity contribution >= 4 is 114 Å². The van der Waals surface area contributed by atoms with Gasteiger partial charge >= 0.3 is 17.1 Å². The Morgan fingerprint density at radius 1 is 0.442 bits per heavy atom. The van der Waals surface area contributed by atoms with E-state index in [0.29, 0.717) is 101 Å². The third-order valence-electron chi connectivity index (χ3n) is 24.3. The van der Waals surface area contributed by atoms with Crippen molar-refractivity contribution in [1.29, 1.82) is 0 Å². The molecule has 0 radical (unpaired) electrons. The first kappa shape index (κ1) is 92.7. The minimum absolute atomic E-state index is 0.240. The second kappa shape index (κ2) is 38.4. The molecule has 0 bridgehead atoms. The highest BCUT2D eigenvalue weighted by molar-refractivity contribution is 9.09. The van der Waals surface area contributed by atoms with Gasteiger partial charge in [0.1, 0.15) is 5.82 Å². The van der Waals surface area contributed by atoms with Crippen LogP contribution in [0, 0.1) is 55.4 Å². The van der Waals surface area contributed by atoms with Crippen LogP contribution in [0.15, 0.2) is 231 Å². The predicted molar refractivity (Wildman–Crippen MR) is 516 cm³/mol. The Bertz CT molecular complexity index is 7450. The van der Waals surface area contributed by atoms with E-state index in [9.17, 15) is 54.0 Å². The van der Waals surface area contributed by atoms with Crippen molar-refractivity contribution in [2.24, 2.45) is 47.3 Å². The molecule has 0 saturated heterocycles. The van der Waals surface area contributed by atoms with Gasteiger partial charge in [0, 0.05) is 121 Å². The highest BCUT2D eigenvalue weighted by Crippen LogP contribution is 2.41. The summed E-state index contributed by atoms with van der Waals surface area (Å²) in [6.45, 7) is 18.8. The molecule has 11 heterocycles. The summed E-state index contributed by atoms with van der Waals surface area (Å²) in [5.41, 5.74) is 19.7. The Balaban J connectivity index is 0.000000130. The van der Waals surface area contributed by atoms with E-state index >= 15 is 0 Å². The molecule has 2 atom stereocenters. The Morgan fingerprint density at radius 3 is 1.49 bits per heavy atom. The number of fused-ring (bicyclic) bond motifs is 8. The summed E-state index contributed by atoms with van der Waals surface area (Å²) in [6.07, 6.45) is 13.8. The summed E-state index contributed by atoms with van der Waals surface area (Å²) >= 11 is 3.43. The molecule has 32 heteroatoms. The number of hydrogen-bond donors (Lipinski definition) is 2. The van der Waals surface area contributed by atoms with Gasteiger partial charge in [-0.25, -0.2) is 58.6 Å². The number of aromatic nitrogens is 11. The van der Waals surface area contributed by atoms with E-state index in [4.69, 9.17) is 0 Å². The molecule has 0 spiro atoms. The number of nitrogens with one attached hydrogen (secondary N) is 2. The first-order valence-electron chi connectivity index (χ1n) is 43.1. The van der Waals surface area contributed by atoms with Gasteiger partial charge in [-0.15, -0.1) is 0 Å². The van der Waals surface area contributed by atoms with Gasteiger partial charge in [0.25, 0.3) is 46.7 Å². The largest absolute Gasteiger partial charge is 0.384 e. The molecule has 8 aromatic carbocycles. The normalized spacial score (nSPS) is 14.5. The first-order chi connectivity index (χ1) is 61.4. The molecule has 6 aromatic heterocycles. The van der Waals surface area contributed by atoms with Gasteiger partial charge in [-0.3, -0.25) is 50.4 Å². The number of hydrogen-bond acceptors (Lipinski definition) is 17. The van der Waals surface area contributed by atoms with Gasteiger partial charge in [-0.2, -0.15) is 0 Å². The Hall–Kier alpha value is -12.5. The van der Waals surface area contributed by atoms with E-state index in [1.54, 1.807) is 85.3 Å². The molecule has 19 rings (SSSR count). The summed E-state index contributed by atoms with van der Waals surface area (Å²) in [5, 5.41) is 8.74. The summed E-state index contributed by atoms with van der Waals surface area (Å²) in [4.78, 5) is 85.8. The molecule has 2 N–H and O–H groups in total. The fraction of sp³-hybridized carbons (Fsp3) is 0.330. The second-order valence-electron chi connectivity index (χ2n) is 33.9. The van der Waals surface area contributed by atoms with Crippen LogP contribution >= 0.6 is 15.9 Å². The van der Waals surface area contributed by atoms with Crippen LogP contribution < -0.4 is 53.0 Å². The van der Waals surface area contributed by atoms with Crippen molar-refractivity contribution in [3.63, 3.8) is 0 Å². The molecule has 129 heavy (non-hydrogen) atoms. The lowest BCUT2D eigenvalue weighted by molar-refractivity contribution is 0.534. The quantitative estimate of drug-likeness (QED) is 0.0800. The maximum absolute atomic E-state index is 13.8. The third kappa shape index (κ3) is 19.3. The number of aryl methyl sites for hydroxylation is 13. The maximum Gasteiger partial charge on any atom is 0.332 e.